The molecule has 0 aromatic heterocycles. The highest BCUT2D eigenvalue weighted by atomic mass is 16.5. The Morgan fingerprint density at radius 1 is 0.774 bits per heavy atom. The number of aliphatic carboxylic acids is 1. The van der Waals surface area contributed by atoms with Crippen molar-refractivity contribution in [2.75, 3.05) is 6.61 Å². The van der Waals surface area contributed by atoms with E-state index in [1.165, 1.54) is 0 Å². The van der Waals surface area contributed by atoms with Crippen LogP contribution in [-0.4, -0.2) is 35.4 Å². The zero-order valence-corrected chi connectivity index (χ0v) is 16.9. The van der Waals surface area contributed by atoms with Gasteiger partial charge in [-0.3, -0.25) is 9.59 Å². The number of benzene rings is 3. The van der Waals surface area contributed by atoms with Gasteiger partial charge in [0.05, 0.1) is 6.61 Å². The number of hydrogen-bond donors (Lipinski definition) is 2. The first-order valence-corrected chi connectivity index (χ1v) is 9.85. The van der Waals surface area contributed by atoms with Crippen molar-refractivity contribution in [3.05, 3.63) is 107 Å². The van der Waals surface area contributed by atoms with Crippen molar-refractivity contribution in [2.45, 2.75) is 19.1 Å². The van der Waals surface area contributed by atoms with Crippen molar-refractivity contribution in [3.8, 4) is 0 Å². The monoisotopic (exact) mass is 417 g/mol. The number of hydrogen-bond acceptors (Lipinski definition) is 4. The smallest absolute Gasteiger partial charge is 0.326 e. The van der Waals surface area contributed by atoms with Gasteiger partial charge in [0.25, 0.3) is 0 Å². The number of amides is 1. The van der Waals surface area contributed by atoms with Crippen LogP contribution in [0.15, 0.2) is 84.9 Å². The summed E-state index contributed by atoms with van der Waals surface area (Å²) in [4.78, 5) is 36.2. The number of ether oxygens (including phenoxy) is 1. The van der Waals surface area contributed by atoms with Crippen molar-refractivity contribution in [3.63, 3.8) is 0 Å². The zero-order valence-electron chi connectivity index (χ0n) is 16.9. The van der Waals surface area contributed by atoms with Crippen LogP contribution < -0.4 is 5.32 Å². The molecule has 6 heteroatoms. The van der Waals surface area contributed by atoms with Crippen molar-refractivity contribution >= 4 is 17.7 Å². The molecule has 0 radical (unpaired) electrons. The van der Waals surface area contributed by atoms with Crippen molar-refractivity contribution < 1.29 is 24.2 Å². The number of rotatable bonds is 10. The Balaban J connectivity index is 1.54. The Bertz CT molecular complexity index is 1020. The van der Waals surface area contributed by atoms with Crippen molar-refractivity contribution in [1.29, 1.82) is 0 Å². The van der Waals surface area contributed by atoms with E-state index in [9.17, 15) is 19.5 Å². The van der Waals surface area contributed by atoms with E-state index >= 15 is 0 Å². The largest absolute Gasteiger partial charge is 0.480 e. The molecule has 0 unspecified atom stereocenters. The third-order valence-corrected chi connectivity index (χ3v) is 4.67. The van der Waals surface area contributed by atoms with Crippen LogP contribution in [0.3, 0.4) is 0 Å². The van der Waals surface area contributed by atoms with E-state index in [0.717, 1.165) is 5.56 Å². The number of carboxylic acids is 1. The standard InChI is InChI=1S/C25H23NO5/c27-23(17-31-16-19-7-3-1-4-8-19)26-22(25(29)30)15-18-11-13-21(14-12-18)24(28)20-9-5-2-6-10-20/h1-14,22H,15-17H2,(H,26,27)(H,29,30)/t22-/m1/s1. The highest BCUT2D eigenvalue weighted by molar-refractivity contribution is 6.08. The third kappa shape index (κ3) is 6.62. The van der Waals surface area contributed by atoms with Crippen LogP contribution in [0.5, 0.6) is 0 Å². The molecule has 0 bridgehead atoms. The van der Waals surface area contributed by atoms with Gasteiger partial charge in [0.2, 0.25) is 5.91 Å². The van der Waals surface area contributed by atoms with Gasteiger partial charge in [-0.15, -0.1) is 0 Å². The van der Waals surface area contributed by atoms with Crippen LogP contribution in [0.4, 0.5) is 0 Å². The minimum Gasteiger partial charge on any atom is -0.480 e. The lowest BCUT2D eigenvalue weighted by molar-refractivity contribution is -0.142. The summed E-state index contributed by atoms with van der Waals surface area (Å²) in [7, 11) is 0. The second-order valence-corrected chi connectivity index (χ2v) is 7.03. The van der Waals surface area contributed by atoms with Gasteiger partial charge >= 0.3 is 5.97 Å². The van der Waals surface area contributed by atoms with Crippen molar-refractivity contribution in [2.24, 2.45) is 0 Å². The molecule has 0 aliphatic heterocycles. The first-order valence-electron chi connectivity index (χ1n) is 9.85. The number of carbonyl (C=O) groups is 3. The molecule has 6 nitrogen and oxygen atoms in total. The molecular formula is C25H23NO5. The fourth-order valence-electron chi connectivity index (χ4n) is 3.06. The van der Waals surface area contributed by atoms with Crippen LogP contribution in [-0.2, 0) is 27.4 Å². The summed E-state index contributed by atoms with van der Waals surface area (Å²) in [5, 5.41) is 12.0. The zero-order chi connectivity index (χ0) is 22.1. The number of carboxylic acid groups (broad SMARTS) is 1. The molecule has 0 spiro atoms. The molecule has 0 heterocycles. The van der Waals surface area contributed by atoms with Crippen LogP contribution in [0.2, 0.25) is 0 Å². The lowest BCUT2D eigenvalue weighted by Gasteiger charge is -2.15. The molecule has 2 N–H and O–H groups in total. The highest BCUT2D eigenvalue weighted by Crippen LogP contribution is 2.12. The fourth-order valence-corrected chi connectivity index (χ4v) is 3.06. The van der Waals surface area contributed by atoms with Gasteiger partial charge in [-0.05, 0) is 11.1 Å². The summed E-state index contributed by atoms with van der Waals surface area (Å²) in [6.07, 6.45) is 0.0968. The summed E-state index contributed by atoms with van der Waals surface area (Å²) < 4.78 is 5.35. The normalized spacial score (nSPS) is 11.5. The molecule has 0 aliphatic carbocycles. The maximum absolute atomic E-state index is 12.5. The lowest BCUT2D eigenvalue weighted by Crippen LogP contribution is -2.43. The maximum atomic E-state index is 12.5. The molecule has 158 valence electrons. The van der Waals surface area contributed by atoms with E-state index in [1.807, 2.05) is 36.4 Å². The van der Waals surface area contributed by atoms with Gasteiger partial charge in [0.15, 0.2) is 5.78 Å². The first kappa shape index (κ1) is 21.9. The predicted molar refractivity (Wildman–Crippen MR) is 116 cm³/mol. The van der Waals surface area contributed by atoms with E-state index in [1.54, 1.807) is 48.5 Å². The van der Waals surface area contributed by atoms with Gasteiger partial charge in [0.1, 0.15) is 12.6 Å². The summed E-state index contributed by atoms with van der Waals surface area (Å²) in [6, 6.07) is 23.9. The SMILES string of the molecule is O=C(COCc1ccccc1)N[C@H](Cc1ccc(C(=O)c2ccccc2)cc1)C(=O)O. The summed E-state index contributed by atoms with van der Waals surface area (Å²) >= 11 is 0. The molecule has 3 aromatic carbocycles. The predicted octanol–water partition coefficient (Wildman–Crippen LogP) is 3.25. The topological polar surface area (TPSA) is 92.7 Å². The Morgan fingerprint density at radius 3 is 1.97 bits per heavy atom. The molecule has 0 aliphatic rings. The first-order chi connectivity index (χ1) is 15.0. The van der Waals surface area contributed by atoms with Crippen LogP contribution in [0.25, 0.3) is 0 Å². The van der Waals surface area contributed by atoms with E-state index in [2.05, 4.69) is 5.32 Å². The number of nitrogens with one attached hydrogen (secondary N) is 1. The highest BCUT2D eigenvalue weighted by Gasteiger charge is 2.20. The second kappa shape index (κ2) is 10.8. The van der Waals surface area contributed by atoms with E-state index in [-0.39, 0.29) is 25.4 Å². The molecule has 0 saturated carbocycles. The molecule has 1 atom stereocenters. The van der Waals surface area contributed by atoms with E-state index < -0.39 is 17.9 Å². The Kier molecular flexibility index (Phi) is 7.67. The molecule has 1 amide bonds. The second-order valence-electron chi connectivity index (χ2n) is 7.03. The molecule has 0 saturated heterocycles. The number of carbonyl (C=O) groups excluding carboxylic acids is 2. The van der Waals surface area contributed by atoms with Gasteiger partial charge in [-0.25, -0.2) is 4.79 Å². The van der Waals surface area contributed by atoms with Gasteiger partial charge < -0.3 is 15.2 Å². The Morgan fingerprint density at radius 2 is 1.35 bits per heavy atom. The lowest BCUT2D eigenvalue weighted by atomic mass is 9.99. The van der Waals surface area contributed by atoms with Crippen LogP contribution in [0, 0.1) is 0 Å². The Hall–Kier alpha value is -3.77. The van der Waals surface area contributed by atoms with Crippen LogP contribution in [0.1, 0.15) is 27.0 Å². The maximum Gasteiger partial charge on any atom is 0.326 e. The molecule has 3 rings (SSSR count). The Labute approximate surface area is 180 Å². The average Bonchev–Trinajstić information content (AvgIpc) is 2.80. The molecule has 0 fully saturated rings. The molecular weight excluding hydrogens is 394 g/mol. The molecule has 31 heavy (non-hydrogen) atoms. The van der Waals surface area contributed by atoms with Crippen molar-refractivity contribution in [1.82, 2.24) is 5.32 Å². The van der Waals surface area contributed by atoms with Gasteiger partial charge in [0, 0.05) is 17.5 Å². The average molecular weight is 417 g/mol. The minimum absolute atomic E-state index is 0.0968. The summed E-state index contributed by atoms with van der Waals surface area (Å²) in [5.41, 5.74) is 2.72. The van der Waals surface area contributed by atoms with Crippen LogP contribution >= 0.6 is 0 Å². The van der Waals surface area contributed by atoms with Gasteiger partial charge in [-0.2, -0.15) is 0 Å². The summed E-state index contributed by atoms with van der Waals surface area (Å²) in [6.45, 7) is 0.0338. The number of ketones is 1. The molecule has 3 aromatic rings. The van der Waals surface area contributed by atoms with Gasteiger partial charge in [-0.1, -0.05) is 84.9 Å². The van der Waals surface area contributed by atoms with E-state index in [0.29, 0.717) is 16.7 Å². The quantitative estimate of drug-likeness (QED) is 0.494. The third-order valence-electron chi connectivity index (χ3n) is 4.67. The summed E-state index contributed by atoms with van der Waals surface area (Å²) in [5.74, 6) is -1.74. The van der Waals surface area contributed by atoms with E-state index in [4.69, 9.17) is 4.74 Å². The minimum atomic E-state index is -1.14. The fraction of sp³-hybridized carbons (Fsp3) is 0.160.